The van der Waals surface area contributed by atoms with Crippen molar-refractivity contribution in [2.24, 2.45) is 0 Å². The van der Waals surface area contributed by atoms with Crippen molar-refractivity contribution in [2.45, 2.75) is 19.9 Å². The number of methoxy groups -OCH3 is 1. The third kappa shape index (κ3) is 3.78. The van der Waals surface area contributed by atoms with Gasteiger partial charge in [0.2, 0.25) is 0 Å². The number of aromatic nitrogens is 1. The minimum atomic E-state index is 0.838. The van der Waals surface area contributed by atoms with Gasteiger partial charge in [-0.2, -0.15) is 0 Å². The Hall–Kier alpha value is -0.910. The molecule has 1 aromatic carbocycles. The first kappa shape index (κ1) is 14.5. The molecule has 3 nitrogen and oxygen atoms in total. The van der Waals surface area contributed by atoms with Crippen LogP contribution in [-0.2, 0) is 6.54 Å². The average Bonchev–Trinajstić information content (AvgIpc) is 2.88. The fourth-order valence-electron chi connectivity index (χ4n) is 1.71. The van der Waals surface area contributed by atoms with Crippen LogP contribution in [0.15, 0.2) is 28.9 Å². The van der Waals surface area contributed by atoms with E-state index in [2.05, 4.69) is 33.2 Å². The minimum Gasteiger partial charge on any atom is -0.496 e. The fourth-order valence-corrected chi connectivity index (χ4v) is 3.13. The average molecular weight is 341 g/mol. The zero-order valence-electron chi connectivity index (χ0n) is 11.1. The Labute approximate surface area is 126 Å². The maximum absolute atomic E-state index is 5.23. The molecule has 0 saturated heterocycles. The Bertz CT molecular complexity index is 542. The molecule has 0 spiro atoms. The maximum atomic E-state index is 5.23. The Kier molecular flexibility index (Phi) is 5.36. The van der Waals surface area contributed by atoms with E-state index in [1.807, 2.05) is 24.4 Å². The number of ether oxygens (including phenoxy) is 1. The van der Waals surface area contributed by atoms with Crippen LogP contribution in [0.3, 0.4) is 0 Å². The highest BCUT2D eigenvalue weighted by Crippen LogP contribution is 2.32. The van der Waals surface area contributed by atoms with E-state index in [0.717, 1.165) is 40.3 Å². The lowest BCUT2D eigenvalue weighted by Crippen LogP contribution is -2.12. The number of hydrogen-bond donors (Lipinski definition) is 1. The van der Waals surface area contributed by atoms with Gasteiger partial charge in [-0.1, -0.05) is 6.92 Å². The lowest BCUT2D eigenvalue weighted by molar-refractivity contribution is 0.412. The molecule has 2 rings (SSSR count). The van der Waals surface area contributed by atoms with Crippen molar-refractivity contribution >= 4 is 27.3 Å². The van der Waals surface area contributed by atoms with Gasteiger partial charge in [0.25, 0.3) is 0 Å². The summed E-state index contributed by atoms with van der Waals surface area (Å²) >= 11 is 5.23. The molecule has 1 aromatic heterocycles. The van der Waals surface area contributed by atoms with Crippen molar-refractivity contribution in [3.8, 4) is 16.3 Å². The van der Waals surface area contributed by atoms with Gasteiger partial charge < -0.3 is 10.1 Å². The van der Waals surface area contributed by atoms with Gasteiger partial charge in [0.15, 0.2) is 0 Å². The van der Waals surface area contributed by atoms with Crippen LogP contribution in [0.2, 0.25) is 0 Å². The normalized spacial score (nSPS) is 10.7. The first-order chi connectivity index (χ1) is 9.24. The van der Waals surface area contributed by atoms with Crippen molar-refractivity contribution in [2.75, 3.05) is 13.7 Å². The van der Waals surface area contributed by atoms with Gasteiger partial charge >= 0.3 is 0 Å². The molecular weight excluding hydrogens is 324 g/mol. The largest absolute Gasteiger partial charge is 0.496 e. The second kappa shape index (κ2) is 7.03. The lowest BCUT2D eigenvalue weighted by atomic mass is 10.2. The van der Waals surface area contributed by atoms with E-state index in [0.29, 0.717) is 0 Å². The monoisotopic (exact) mass is 340 g/mol. The summed E-state index contributed by atoms with van der Waals surface area (Å²) in [6, 6.07) is 6.03. The highest BCUT2D eigenvalue weighted by molar-refractivity contribution is 9.10. The molecular formula is C14H17BrN2OS. The molecule has 5 heteroatoms. The smallest absolute Gasteiger partial charge is 0.133 e. The molecule has 0 radical (unpaired) electrons. The van der Waals surface area contributed by atoms with E-state index in [9.17, 15) is 0 Å². The Morgan fingerprint density at radius 1 is 1.42 bits per heavy atom. The highest BCUT2D eigenvalue weighted by Gasteiger charge is 2.07. The van der Waals surface area contributed by atoms with Crippen molar-refractivity contribution in [1.29, 1.82) is 0 Å². The number of hydrogen-bond acceptors (Lipinski definition) is 4. The van der Waals surface area contributed by atoms with E-state index in [1.54, 1.807) is 18.4 Å². The van der Waals surface area contributed by atoms with Crippen LogP contribution in [-0.4, -0.2) is 18.6 Å². The van der Waals surface area contributed by atoms with Crippen molar-refractivity contribution in [1.82, 2.24) is 10.3 Å². The maximum Gasteiger partial charge on any atom is 0.133 e. The molecule has 102 valence electrons. The summed E-state index contributed by atoms with van der Waals surface area (Å²) in [6.45, 7) is 4.10. The third-order valence-electron chi connectivity index (χ3n) is 2.68. The number of nitrogens with one attached hydrogen (secondary N) is 1. The number of halogens is 1. The molecule has 1 N–H and O–H groups in total. The van der Waals surface area contributed by atoms with Gasteiger partial charge in [-0.25, -0.2) is 4.98 Å². The van der Waals surface area contributed by atoms with Crippen molar-refractivity contribution < 1.29 is 4.74 Å². The molecule has 0 fully saturated rings. The van der Waals surface area contributed by atoms with E-state index in [-0.39, 0.29) is 0 Å². The molecule has 0 aliphatic carbocycles. The zero-order valence-corrected chi connectivity index (χ0v) is 13.5. The molecule has 0 atom stereocenters. The lowest BCUT2D eigenvalue weighted by Gasteiger charge is -2.04. The molecule has 0 saturated carbocycles. The SMILES string of the molecule is CCCNCc1cnc(-c2ccc(OC)c(Br)c2)s1. The van der Waals surface area contributed by atoms with Crippen molar-refractivity contribution in [3.05, 3.63) is 33.7 Å². The van der Waals surface area contributed by atoms with Crippen LogP contribution >= 0.6 is 27.3 Å². The van der Waals surface area contributed by atoms with Gasteiger partial charge in [0.1, 0.15) is 10.8 Å². The first-order valence-electron chi connectivity index (χ1n) is 6.24. The molecule has 0 aliphatic heterocycles. The number of thiazole rings is 1. The summed E-state index contributed by atoms with van der Waals surface area (Å²) in [7, 11) is 1.67. The Morgan fingerprint density at radius 2 is 2.26 bits per heavy atom. The highest BCUT2D eigenvalue weighted by atomic mass is 79.9. The minimum absolute atomic E-state index is 0.838. The van der Waals surface area contributed by atoms with Crippen LogP contribution in [0.25, 0.3) is 10.6 Å². The zero-order chi connectivity index (χ0) is 13.7. The molecule has 0 aliphatic rings. The molecule has 0 amide bonds. The predicted molar refractivity (Wildman–Crippen MR) is 83.8 cm³/mol. The van der Waals surface area contributed by atoms with Gasteiger partial charge in [0.05, 0.1) is 11.6 Å². The van der Waals surface area contributed by atoms with Crippen LogP contribution in [0.5, 0.6) is 5.75 Å². The summed E-state index contributed by atoms with van der Waals surface area (Å²) in [6.07, 6.45) is 3.10. The molecule has 0 bridgehead atoms. The number of nitrogens with zero attached hydrogens (tertiary/aromatic N) is 1. The van der Waals surface area contributed by atoms with Crippen LogP contribution in [0, 0.1) is 0 Å². The van der Waals surface area contributed by atoms with E-state index in [4.69, 9.17) is 4.74 Å². The van der Waals surface area contributed by atoms with Gasteiger partial charge in [-0.15, -0.1) is 11.3 Å². The predicted octanol–water partition coefficient (Wildman–Crippen LogP) is 4.08. The van der Waals surface area contributed by atoms with Crippen molar-refractivity contribution in [3.63, 3.8) is 0 Å². The summed E-state index contributed by atoms with van der Waals surface area (Å²) in [5.74, 6) is 0.838. The summed E-state index contributed by atoms with van der Waals surface area (Å²) < 4.78 is 6.18. The second-order valence-electron chi connectivity index (χ2n) is 4.16. The van der Waals surface area contributed by atoms with Gasteiger partial charge in [-0.05, 0) is 47.1 Å². The van der Waals surface area contributed by atoms with Crippen LogP contribution < -0.4 is 10.1 Å². The Balaban J connectivity index is 2.11. The second-order valence-corrected chi connectivity index (χ2v) is 6.13. The van der Waals surface area contributed by atoms with Gasteiger partial charge in [-0.3, -0.25) is 0 Å². The fraction of sp³-hybridized carbons (Fsp3) is 0.357. The Morgan fingerprint density at radius 3 is 2.95 bits per heavy atom. The van der Waals surface area contributed by atoms with E-state index in [1.165, 1.54) is 4.88 Å². The number of benzene rings is 1. The molecule has 2 aromatic rings. The summed E-state index contributed by atoms with van der Waals surface area (Å²) in [5.41, 5.74) is 1.11. The standard InChI is InChI=1S/C14H17BrN2OS/c1-3-6-16-8-11-9-17-14(19-11)10-4-5-13(18-2)12(15)7-10/h4-5,7,9,16H,3,6,8H2,1-2H3. The summed E-state index contributed by atoms with van der Waals surface area (Å²) in [4.78, 5) is 5.74. The molecule has 1 heterocycles. The van der Waals surface area contributed by atoms with Gasteiger partial charge in [0, 0.05) is 23.2 Å². The molecule has 19 heavy (non-hydrogen) atoms. The number of rotatable bonds is 6. The topological polar surface area (TPSA) is 34.2 Å². The third-order valence-corrected chi connectivity index (χ3v) is 4.34. The van der Waals surface area contributed by atoms with Crippen LogP contribution in [0.1, 0.15) is 18.2 Å². The van der Waals surface area contributed by atoms with Crippen LogP contribution in [0.4, 0.5) is 0 Å². The summed E-state index contributed by atoms with van der Waals surface area (Å²) in [5, 5.41) is 4.43. The molecule has 0 unspecified atom stereocenters. The van der Waals surface area contributed by atoms with E-state index >= 15 is 0 Å². The first-order valence-corrected chi connectivity index (χ1v) is 7.85. The van der Waals surface area contributed by atoms with E-state index < -0.39 is 0 Å². The quantitative estimate of drug-likeness (QED) is 0.804.